The molecule has 2 heterocycles. The lowest BCUT2D eigenvalue weighted by molar-refractivity contribution is -0.143. The molecule has 12 heteroatoms. The molecular formula is C32H34N4O7S. The molecule has 0 spiro atoms. The first-order valence-corrected chi connectivity index (χ1v) is 15.9. The monoisotopic (exact) mass is 618 g/mol. The van der Waals surface area contributed by atoms with Gasteiger partial charge in [0.15, 0.2) is 0 Å². The quantitative estimate of drug-likeness (QED) is 0.354. The summed E-state index contributed by atoms with van der Waals surface area (Å²) in [5, 5.41) is 12.4. The standard InChI is InChI=1S/C32H34N4O7S/c37-29-16-15-28(36(29)22-24-7-3-1-4-8-24)30(38)33-27(32(40)41)21-23-11-13-25(14-12-23)31(39)34-17-19-35(20-18-34)44(42,43)26-9-5-2-6-10-26/h1-14,27-28H,15-22H2,(H,33,38)(H,40,41)/t27-,28-/m0/s1. The predicted molar refractivity (Wildman–Crippen MR) is 161 cm³/mol. The second kappa shape index (κ2) is 13.4. The number of nitrogens with one attached hydrogen (secondary N) is 1. The van der Waals surface area contributed by atoms with E-state index in [1.54, 1.807) is 59.5 Å². The van der Waals surface area contributed by atoms with E-state index in [9.17, 15) is 32.7 Å². The minimum absolute atomic E-state index is 0.00901. The van der Waals surface area contributed by atoms with E-state index in [1.807, 2.05) is 30.3 Å². The summed E-state index contributed by atoms with van der Waals surface area (Å²) in [6.45, 7) is 1.10. The van der Waals surface area contributed by atoms with E-state index in [1.165, 1.54) is 9.21 Å². The van der Waals surface area contributed by atoms with Crippen LogP contribution in [0.15, 0.2) is 89.8 Å². The first-order chi connectivity index (χ1) is 21.1. The van der Waals surface area contributed by atoms with Crippen LogP contribution in [0.2, 0.25) is 0 Å². The molecule has 2 aliphatic heterocycles. The highest BCUT2D eigenvalue weighted by atomic mass is 32.2. The highest BCUT2D eigenvalue weighted by Gasteiger charge is 2.37. The summed E-state index contributed by atoms with van der Waals surface area (Å²) in [4.78, 5) is 54.1. The maximum absolute atomic E-state index is 13.1. The SMILES string of the molecule is O=C(O)[C@H](Cc1ccc(C(=O)N2CCN(S(=O)(=O)c3ccccc3)CC2)cc1)NC(=O)[C@@H]1CCC(=O)N1Cc1ccccc1. The normalized spacial score (nSPS) is 18.2. The Hall–Kier alpha value is -4.55. The number of hydrogen-bond donors (Lipinski definition) is 2. The zero-order valence-electron chi connectivity index (χ0n) is 24.0. The number of carboxylic acid groups (broad SMARTS) is 1. The Morgan fingerprint density at radius 2 is 1.45 bits per heavy atom. The van der Waals surface area contributed by atoms with E-state index in [2.05, 4.69) is 5.32 Å². The van der Waals surface area contributed by atoms with Crippen molar-refractivity contribution in [3.63, 3.8) is 0 Å². The number of likely N-dealkylation sites (tertiary alicyclic amines) is 1. The second-order valence-corrected chi connectivity index (χ2v) is 12.8. The Balaban J connectivity index is 1.17. The molecule has 2 atom stereocenters. The summed E-state index contributed by atoms with van der Waals surface area (Å²) in [5.74, 6) is -2.12. The number of benzene rings is 3. The first kappa shape index (κ1) is 30.9. The molecule has 2 aliphatic rings. The van der Waals surface area contributed by atoms with Crippen molar-refractivity contribution in [1.29, 1.82) is 0 Å². The largest absolute Gasteiger partial charge is 0.480 e. The lowest BCUT2D eigenvalue weighted by Crippen LogP contribution is -2.50. The molecule has 0 aliphatic carbocycles. The Kier molecular flexibility index (Phi) is 9.40. The number of aliphatic carboxylic acids is 1. The number of rotatable bonds is 10. The average Bonchev–Trinajstić information content (AvgIpc) is 3.41. The van der Waals surface area contributed by atoms with Gasteiger partial charge in [0.1, 0.15) is 12.1 Å². The van der Waals surface area contributed by atoms with Gasteiger partial charge in [-0.25, -0.2) is 13.2 Å². The van der Waals surface area contributed by atoms with Gasteiger partial charge in [-0.2, -0.15) is 4.31 Å². The van der Waals surface area contributed by atoms with Crippen molar-refractivity contribution in [2.24, 2.45) is 0 Å². The molecule has 3 aromatic carbocycles. The van der Waals surface area contributed by atoms with Gasteiger partial charge in [0.2, 0.25) is 21.8 Å². The maximum atomic E-state index is 13.1. The number of piperazine rings is 1. The number of carbonyl (C=O) groups excluding carboxylic acids is 3. The molecule has 2 fully saturated rings. The van der Waals surface area contributed by atoms with Gasteiger partial charge in [0, 0.05) is 51.1 Å². The van der Waals surface area contributed by atoms with Gasteiger partial charge in [-0.1, -0.05) is 60.7 Å². The minimum atomic E-state index is -3.64. The third-order valence-electron chi connectivity index (χ3n) is 7.99. The van der Waals surface area contributed by atoms with Crippen molar-refractivity contribution in [2.75, 3.05) is 26.2 Å². The Labute approximate surface area is 256 Å². The Morgan fingerprint density at radius 1 is 0.841 bits per heavy atom. The van der Waals surface area contributed by atoms with E-state index in [0.717, 1.165) is 5.56 Å². The van der Waals surface area contributed by atoms with Gasteiger partial charge in [0.05, 0.1) is 4.90 Å². The number of sulfonamides is 1. The molecular weight excluding hydrogens is 584 g/mol. The molecule has 0 unspecified atom stereocenters. The van der Waals surface area contributed by atoms with E-state index in [0.29, 0.717) is 17.5 Å². The fourth-order valence-corrected chi connectivity index (χ4v) is 6.97. The molecule has 11 nitrogen and oxygen atoms in total. The van der Waals surface area contributed by atoms with Crippen LogP contribution in [0.4, 0.5) is 0 Å². The molecule has 0 bridgehead atoms. The molecule has 2 N–H and O–H groups in total. The van der Waals surface area contributed by atoms with E-state index in [-0.39, 0.29) is 62.3 Å². The third kappa shape index (κ3) is 6.98. The molecule has 0 saturated carbocycles. The summed E-state index contributed by atoms with van der Waals surface area (Å²) < 4.78 is 27.2. The summed E-state index contributed by atoms with van der Waals surface area (Å²) in [6.07, 6.45) is 0.522. The summed E-state index contributed by atoms with van der Waals surface area (Å²) in [6, 6.07) is 22.0. The van der Waals surface area contributed by atoms with Gasteiger partial charge in [0.25, 0.3) is 5.91 Å². The number of hydrogen-bond acceptors (Lipinski definition) is 6. The van der Waals surface area contributed by atoms with Crippen LogP contribution in [-0.4, -0.2) is 89.6 Å². The van der Waals surface area contributed by atoms with Crippen LogP contribution < -0.4 is 5.32 Å². The predicted octanol–water partition coefficient (Wildman–Crippen LogP) is 2.14. The van der Waals surface area contributed by atoms with Crippen molar-refractivity contribution in [1.82, 2.24) is 19.4 Å². The number of carboxylic acids is 1. The van der Waals surface area contributed by atoms with Crippen LogP contribution >= 0.6 is 0 Å². The fraction of sp³-hybridized carbons (Fsp3) is 0.312. The topological polar surface area (TPSA) is 144 Å². The second-order valence-electron chi connectivity index (χ2n) is 10.9. The minimum Gasteiger partial charge on any atom is -0.480 e. The first-order valence-electron chi connectivity index (χ1n) is 14.4. The average molecular weight is 619 g/mol. The van der Waals surface area contributed by atoms with Crippen molar-refractivity contribution < 1.29 is 32.7 Å². The van der Waals surface area contributed by atoms with Crippen molar-refractivity contribution in [3.8, 4) is 0 Å². The summed E-state index contributed by atoms with van der Waals surface area (Å²) in [7, 11) is -3.64. The van der Waals surface area contributed by atoms with Crippen LogP contribution in [0, 0.1) is 0 Å². The van der Waals surface area contributed by atoms with E-state index >= 15 is 0 Å². The molecule has 5 rings (SSSR count). The van der Waals surface area contributed by atoms with Crippen LogP contribution in [-0.2, 0) is 37.4 Å². The van der Waals surface area contributed by atoms with Gasteiger partial charge in [-0.15, -0.1) is 0 Å². The van der Waals surface area contributed by atoms with Crippen molar-refractivity contribution >= 4 is 33.7 Å². The van der Waals surface area contributed by atoms with Crippen molar-refractivity contribution in [2.45, 2.75) is 42.8 Å². The summed E-state index contributed by atoms with van der Waals surface area (Å²) >= 11 is 0. The zero-order valence-corrected chi connectivity index (χ0v) is 24.9. The Morgan fingerprint density at radius 3 is 2.07 bits per heavy atom. The van der Waals surface area contributed by atoms with Gasteiger partial charge < -0.3 is 20.2 Å². The Bertz CT molecular complexity index is 1610. The van der Waals surface area contributed by atoms with Gasteiger partial charge >= 0.3 is 5.97 Å². The van der Waals surface area contributed by atoms with E-state index < -0.39 is 34.0 Å². The molecule has 0 aromatic heterocycles. The lowest BCUT2D eigenvalue weighted by Gasteiger charge is -2.34. The van der Waals surface area contributed by atoms with Crippen molar-refractivity contribution in [3.05, 3.63) is 102 Å². The molecule has 3 amide bonds. The van der Waals surface area contributed by atoms with E-state index in [4.69, 9.17) is 0 Å². The molecule has 0 radical (unpaired) electrons. The molecule has 2 saturated heterocycles. The smallest absolute Gasteiger partial charge is 0.326 e. The third-order valence-corrected chi connectivity index (χ3v) is 9.90. The summed E-state index contributed by atoms with van der Waals surface area (Å²) in [5.41, 5.74) is 1.88. The lowest BCUT2D eigenvalue weighted by atomic mass is 10.0. The van der Waals surface area contributed by atoms with Crippen LogP contribution in [0.1, 0.15) is 34.3 Å². The fourth-order valence-electron chi connectivity index (χ4n) is 5.53. The maximum Gasteiger partial charge on any atom is 0.326 e. The number of amides is 3. The number of nitrogens with zero attached hydrogens (tertiary/aromatic N) is 3. The number of carbonyl (C=O) groups is 4. The van der Waals surface area contributed by atoms with Crippen LogP contribution in [0.3, 0.4) is 0 Å². The molecule has 3 aromatic rings. The highest BCUT2D eigenvalue weighted by molar-refractivity contribution is 7.89. The molecule has 230 valence electrons. The van der Waals surface area contributed by atoms with Crippen LogP contribution in [0.25, 0.3) is 0 Å². The zero-order chi connectivity index (χ0) is 31.3. The van der Waals surface area contributed by atoms with Gasteiger partial charge in [-0.3, -0.25) is 14.4 Å². The van der Waals surface area contributed by atoms with Crippen LogP contribution in [0.5, 0.6) is 0 Å². The highest BCUT2D eigenvalue weighted by Crippen LogP contribution is 2.23. The van der Waals surface area contributed by atoms with Gasteiger partial charge in [-0.05, 0) is 41.8 Å². The molecule has 44 heavy (non-hydrogen) atoms.